The van der Waals surface area contributed by atoms with Crippen molar-refractivity contribution in [3.63, 3.8) is 0 Å². The van der Waals surface area contributed by atoms with Gasteiger partial charge in [0.15, 0.2) is 5.78 Å². The summed E-state index contributed by atoms with van der Waals surface area (Å²) < 4.78 is 0. The van der Waals surface area contributed by atoms with E-state index in [2.05, 4.69) is 6.92 Å². The van der Waals surface area contributed by atoms with Crippen molar-refractivity contribution in [2.75, 3.05) is 0 Å². The van der Waals surface area contributed by atoms with Gasteiger partial charge in [-0.05, 0) is 25.3 Å². The van der Waals surface area contributed by atoms with Gasteiger partial charge >= 0.3 is 0 Å². The number of carbonyl (C=O) groups excluding carboxylic acids is 1. The van der Waals surface area contributed by atoms with E-state index in [9.17, 15) is 4.79 Å². The van der Waals surface area contributed by atoms with E-state index in [1.807, 2.05) is 13.0 Å². The largest absolute Gasteiger partial charge is 0.295 e. The summed E-state index contributed by atoms with van der Waals surface area (Å²) in [5.41, 5.74) is 0. The highest BCUT2D eigenvalue weighted by Gasteiger charge is 1.91. The van der Waals surface area contributed by atoms with E-state index in [-0.39, 0.29) is 18.2 Å². The maximum Gasteiger partial charge on any atom is 0.155 e. The highest BCUT2D eigenvalue weighted by molar-refractivity contribution is 5.89. The molecule has 0 aromatic carbocycles. The van der Waals surface area contributed by atoms with Crippen molar-refractivity contribution in [2.24, 2.45) is 0 Å². The van der Waals surface area contributed by atoms with Gasteiger partial charge in [-0.3, -0.25) is 4.79 Å². The van der Waals surface area contributed by atoms with Gasteiger partial charge in [-0.25, -0.2) is 0 Å². The Balaban J connectivity index is 0. The van der Waals surface area contributed by atoms with Crippen LogP contribution in [0.2, 0.25) is 0 Å². The average molecular weight is 205 g/mol. The van der Waals surface area contributed by atoms with E-state index in [4.69, 9.17) is 0 Å². The molecule has 0 amide bonds. The molecule has 0 radical (unpaired) electrons. The molecule has 1 nitrogen and oxygen atoms in total. The fourth-order valence-corrected chi connectivity index (χ4v) is 1.06. The highest BCUT2D eigenvalue weighted by Crippen LogP contribution is 2.00. The Kier molecular flexibility index (Phi) is 13.7. The number of ketones is 1. The third-order valence-corrected chi connectivity index (χ3v) is 1.77. The Morgan fingerprint density at radius 3 is 2.38 bits per heavy atom. The van der Waals surface area contributed by atoms with Gasteiger partial charge in [-0.2, -0.15) is 0 Å². The van der Waals surface area contributed by atoms with E-state index in [1.54, 1.807) is 6.08 Å². The third-order valence-electron chi connectivity index (χ3n) is 1.77. The van der Waals surface area contributed by atoms with Crippen molar-refractivity contribution in [2.45, 2.75) is 52.4 Å². The van der Waals surface area contributed by atoms with Crippen LogP contribution >= 0.6 is 12.4 Å². The first-order chi connectivity index (χ1) is 5.81. The Labute approximate surface area is 88.0 Å². The lowest BCUT2D eigenvalue weighted by atomic mass is 10.1. The molecule has 0 rings (SSSR count). The van der Waals surface area contributed by atoms with Crippen LogP contribution in [0.3, 0.4) is 0 Å². The van der Waals surface area contributed by atoms with Crippen LogP contribution in [0.4, 0.5) is 0 Å². The minimum absolute atomic E-state index is 0. The van der Waals surface area contributed by atoms with Crippen LogP contribution in [0.15, 0.2) is 12.2 Å². The van der Waals surface area contributed by atoms with E-state index in [1.165, 1.54) is 19.3 Å². The van der Waals surface area contributed by atoms with E-state index in [0.717, 1.165) is 12.8 Å². The Hall–Kier alpha value is -0.300. The molecule has 0 aromatic heterocycles. The number of hydrogen-bond acceptors (Lipinski definition) is 1. The molecule has 2 heteroatoms. The van der Waals surface area contributed by atoms with Crippen LogP contribution in [0, 0.1) is 0 Å². The first-order valence-corrected chi connectivity index (χ1v) is 5.00. The quantitative estimate of drug-likeness (QED) is 0.454. The summed E-state index contributed by atoms with van der Waals surface area (Å²) in [5.74, 6) is 0.272. The molecule has 0 unspecified atom stereocenters. The predicted octanol–water partition coefficient (Wildman–Crippen LogP) is 3.91. The molecular weight excluding hydrogens is 184 g/mol. The second-order valence-corrected chi connectivity index (χ2v) is 3.11. The molecule has 0 spiro atoms. The maximum atomic E-state index is 11.0. The summed E-state index contributed by atoms with van der Waals surface area (Å²) in [7, 11) is 0. The van der Waals surface area contributed by atoms with Gasteiger partial charge in [0, 0.05) is 6.42 Å². The summed E-state index contributed by atoms with van der Waals surface area (Å²) in [6.07, 6.45) is 10.2. The van der Waals surface area contributed by atoms with Crippen LogP contribution in [0.25, 0.3) is 0 Å². The topological polar surface area (TPSA) is 17.1 Å². The van der Waals surface area contributed by atoms with Gasteiger partial charge in [-0.15, -0.1) is 12.4 Å². The molecule has 13 heavy (non-hydrogen) atoms. The number of halogens is 1. The number of hydrogen-bond donors (Lipinski definition) is 0. The van der Waals surface area contributed by atoms with Gasteiger partial charge in [0.2, 0.25) is 0 Å². The lowest BCUT2D eigenvalue weighted by Crippen LogP contribution is -1.89. The smallest absolute Gasteiger partial charge is 0.155 e. The first kappa shape index (κ1) is 15.2. The molecule has 0 atom stereocenters. The van der Waals surface area contributed by atoms with Gasteiger partial charge in [-0.1, -0.05) is 32.8 Å². The zero-order valence-electron chi connectivity index (χ0n) is 8.71. The van der Waals surface area contributed by atoms with E-state index < -0.39 is 0 Å². The normalized spacial score (nSPS) is 10.0. The lowest BCUT2D eigenvalue weighted by molar-refractivity contribution is -0.114. The van der Waals surface area contributed by atoms with E-state index >= 15 is 0 Å². The minimum atomic E-state index is 0. The first-order valence-electron chi connectivity index (χ1n) is 5.00. The van der Waals surface area contributed by atoms with Crippen LogP contribution in [0.1, 0.15) is 52.4 Å². The fourth-order valence-electron chi connectivity index (χ4n) is 1.06. The van der Waals surface area contributed by atoms with Crippen LogP contribution in [-0.2, 0) is 4.79 Å². The summed E-state index contributed by atoms with van der Waals surface area (Å²) in [6.45, 7) is 4.22. The fraction of sp³-hybridized carbons (Fsp3) is 0.727. The summed E-state index contributed by atoms with van der Waals surface area (Å²) in [4.78, 5) is 11.0. The molecule has 0 aromatic rings. The maximum absolute atomic E-state index is 11.0. The van der Waals surface area contributed by atoms with Crippen molar-refractivity contribution < 1.29 is 4.79 Å². The summed E-state index contributed by atoms with van der Waals surface area (Å²) in [5, 5.41) is 0. The SMILES string of the molecule is CCCCC/C=C/C(=O)CCC.Cl. The van der Waals surface area contributed by atoms with Gasteiger partial charge < -0.3 is 0 Å². The molecule has 0 saturated heterocycles. The molecule has 0 N–H and O–H groups in total. The van der Waals surface area contributed by atoms with Crippen LogP contribution < -0.4 is 0 Å². The van der Waals surface area contributed by atoms with Gasteiger partial charge in [0.1, 0.15) is 0 Å². The van der Waals surface area contributed by atoms with Crippen molar-refractivity contribution in [3.05, 3.63) is 12.2 Å². The van der Waals surface area contributed by atoms with Crippen molar-refractivity contribution >= 4 is 18.2 Å². The summed E-state index contributed by atoms with van der Waals surface area (Å²) >= 11 is 0. The second kappa shape index (κ2) is 11.7. The number of rotatable bonds is 7. The van der Waals surface area contributed by atoms with Gasteiger partial charge in [0.25, 0.3) is 0 Å². The standard InChI is InChI=1S/C11H20O.ClH/c1-3-5-6-7-8-10-11(12)9-4-2;/h8,10H,3-7,9H2,1-2H3;1H/b10-8+;. The minimum Gasteiger partial charge on any atom is -0.295 e. The molecule has 0 fully saturated rings. The molecule has 0 heterocycles. The zero-order chi connectivity index (χ0) is 9.23. The van der Waals surface area contributed by atoms with Gasteiger partial charge in [0.05, 0.1) is 0 Å². The Morgan fingerprint density at radius 1 is 1.15 bits per heavy atom. The molecular formula is C11H21ClO. The Bertz CT molecular complexity index is 141. The monoisotopic (exact) mass is 204 g/mol. The number of allylic oxidation sites excluding steroid dienone is 2. The molecule has 78 valence electrons. The zero-order valence-corrected chi connectivity index (χ0v) is 9.53. The predicted molar refractivity (Wildman–Crippen MR) is 60.4 cm³/mol. The highest BCUT2D eigenvalue weighted by atomic mass is 35.5. The molecule has 0 aliphatic carbocycles. The van der Waals surface area contributed by atoms with Crippen LogP contribution in [0.5, 0.6) is 0 Å². The van der Waals surface area contributed by atoms with Crippen LogP contribution in [-0.4, -0.2) is 5.78 Å². The number of carbonyl (C=O) groups is 1. The second-order valence-electron chi connectivity index (χ2n) is 3.11. The number of unbranched alkanes of at least 4 members (excludes halogenated alkanes) is 3. The Morgan fingerprint density at radius 2 is 1.85 bits per heavy atom. The average Bonchev–Trinajstić information content (AvgIpc) is 2.05. The molecule has 0 aliphatic heterocycles. The molecule has 0 saturated carbocycles. The van der Waals surface area contributed by atoms with Crippen molar-refractivity contribution in [1.82, 2.24) is 0 Å². The summed E-state index contributed by atoms with van der Waals surface area (Å²) in [6, 6.07) is 0. The van der Waals surface area contributed by atoms with E-state index in [0.29, 0.717) is 6.42 Å². The third kappa shape index (κ3) is 11.7. The lowest BCUT2D eigenvalue weighted by Gasteiger charge is -1.91. The van der Waals surface area contributed by atoms with Crippen molar-refractivity contribution in [3.8, 4) is 0 Å². The van der Waals surface area contributed by atoms with Crippen molar-refractivity contribution in [1.29, 1.82) is 0 Å². The molecule has 0 bridgehead atoms. The molecule has 0 aliphatic rings.